The molecule has 4 rings (SSSR count). The van der Waals surface area contributed by atoms with Crippen molar-refractivity contribution in [2.75, 3.05) is 4.90 Å². The van der Waals surface area contributed by atoms with E-state index in [4.69, 9.17) is 0 Å². The van der Waals surface area contributed by atoms with Crippen LogP contribution in [0.15, 0.2) is 18.6 Å². The van der Waals surface area contributed by atoms with Gasteiger partial charge in [-0.15, -0.1) is 0 Å². The largest absolute Gasteiger partial charge is 0.293 e. The zero-order valence-electron chi connectivity index (χ0n) is 11.8. The van der Waals surface area contributed by atoms with Crippen molar-refractivity contribution in [3.8, 4) is 11.5 Å². The van der Waals surface area contributed by atoms with Crippen molar-refractivity contribution in [3.05, 3.63) is 29.8 Å². The Morgan fingerprint density at radius 2 is 2.05 bits per heavy atom. The van der Waals surface area contributed by atoms with Gasteiger partial charge in [0, 0.05) is 36.1 Å². The van der Waals surface area contributed by atoms with Crippen molar-refractivity contribution in [2.45, 2.75) is 38.6 Å². The molecule has 6 nitrogen and oxygen atoms in total. The summed E-state index contributed by atoms with van der Waals surface area (Å²) >= 11 is 0. The Labute approximate surface area is 122 Å². The zero-order chi connectivity index (χ0) is 14.4. The molecule has 106 valence electrons. The molecular formula is C15H15N5O. The maximum atomic E-state index is 12.2. The monoisotopic (exact) mass is 281 g/mol. The number of nitrogens with zero attached hydrogens (tertiary/aromatic N) is 5. The summed E-state index contributed by atoms with van der Waals surface area (Å²) in [6.07, 6.45) is 8.30. The Morgan fingerprint density at radius 1 is 1.19 bits per heavy atom. The second-order valence-corrected chi connectivity index (χ2v) is 5.52. The molecule has 0 atom stereocenters. The summed E-state index contributed by atoms with van der Waals surface area (Å²) in [5, 5.41) is 0. The summed E-state index contributed by atoms with van der Waals surface area (Å²) < 4.78 is 0. The predicted octanol–water partition coefficient (Wildman–Crippen LogP) is 1.68. The van der Waals surface area contributed by atoms with Crippen molar-refractivity contribution in [1.82, 2.24) is 19.9 Å². The molecule has 0 radical (unpaired) electrons. The van der Waals surface area contributed by atoms with Crippen molar-refractivity contribution >= 4 is 11.7 Å². The Hall–Kier alpha value is -2.37. The van der Waals surface area contributed by atoms with Crippen LogP contribution in [0.4, 0.5) is 5.82 Å². The van der Waals surface area contributed by atoms with Gasteiger partial charge in [-0.05, 0) is 26.2 Å². The Morgan fingerprint density at radius 3 is 2.76 bits per heavy atom. The second kappa shape index (κ2) is 4.58. The third-order valence-corrected chi connectivity index (χ3v) is 3.98. The van der Waals surface area contributed by atoms with Gasteiger partial charge in [-0.25, -0.2) is 15.0 Å². The fraction of sp³-hybridized carbons (Fsp3) is 0.400. The molecule has 0 unspecified atom stereocenters. The highest BCUT2D eigenvalue weighted by molar-refractivity contribution is 5.96. The lowest BCUT2D eigenvalue weighted by Gasteiger charge is -2.29. The van der Waals surface area contributed by atoms with E-state index in [0.717, 1.165) is 36.3 Å². The molecule has 1 fully saturated rings. The maximum absolute atomic E-state index is 12.2. The molecule has 1 saturated carbocycles. The number of carbonyl (C=O) groups is 1. The highest BCUT2D eigenvalue weighted by Crippen LogP contribution is 2.37. The normalized spacial score (nSPS) is 17.8. The molecule has 1 aliphatic carbocycles. The van der Waals surface area contributed by atoms with Gasteiger partial charge in [-0.2, -0.15) is 0 Å². The van der Waals surface area contributed by atoms with Crippen molar-refractivity contribution in [1.29, 1.82) is 0 Å². The van der Waals surface area contributed by atoms with E-state index in [0.29, 0.717) is 24.0 Å². The number of aromatic nitrogens is 4. The molecule has 2 aromatic heterocycles. The summed E-state index contributed by atoms with van der Waals surface area (Å²) in [6, 6.07) is 0.320. The third-order valence-electron chi connectivity index (χ3n) is 3.98. The summed E-state index contributed by atoms with van der Waals surface area (Å²) in [4.78, 5) is 31.6. The first-order chi connectivity index (χ1) is 10.2. The van der Waals surface area contributed by atoms with Gasteiger partial charge >= 0.3 is 0 Å². The van der Waals surface area contributed by atoms with Gasteiger partial charge < -0.3 is 0 Å². The molecule has 21 heavy (non-hydrogen) atoms. The average molecular weight is 281 g/mol. The van der Waals surface area contributed by atoms with Crippen molar-refractivity contribution in [2.24, 2.45) is 0 Å². The Kier molecular flexibility index (Phi) is 2.70. The van der Waals surface area contributed by atoms with Gasteiger partial charge in [-0.3, -0.25) is 14.7 Å². The topological polar surface area (TPSA) is 71.9 Å². The lowest BCUT2D eigenvalue weighted by molar-refractivity contribution is -0.119. The van der Waals surface area contributed by atoms with Crippen LogP contribution in [-0.4, -0.2) is 31.9 Å². The summed E-state index contributed by atoms with van der Waals surface area (Å²) in [7, 11) is 0. The zero-order valence-corrected chi connectivity index (χ0v) is 11.8. The fourth-order valence-electron chi connectivity index (χ4n) is 2.78. The summed E-state index contributed by atoms with van der Waals surface area (Å²) in [5.74, 6) is 1.50. The van der Waals surface area contributed by atoms with Crippen LogP contribution in [0, 0.1) is 6.92 Å². The minimum Gasteiger partial charge on any atom is -0.293 e. The Balaban J connectivity index is 1.86. The van der Waals surface area contributed by atoms with E-state index in [1.165, 1.54) is 0 Å². The standard InChI is InChI=1S/C15H15N5O/c1-9-11-4-5-13(21)20(10-2-3-10)15(11)19-14(18-9)12-8-16-6-7-17-12/h6-8,10H,2-5H2,1H3. The number of anilines is 1. The molecule has 3 heterocycles. The number of hydrogen-bond donors (Lipinski definition) is 0. The highest BCUT2D eigenvalue weighted by atomic mass is 16.2. The number of hydrogen-bond acceptors (Lipinski definition) is 5. The van der Waals surface area contributed by atoms with E-state index in [1.54, 1.807) is 18.6 Å². The molecule has 1 amide bonds. The minimum atomic E-state index is 0.174. The molecule has 0 N–H and O–H groups in total. The van der Waals surface area contributed by atoms with Crippen molar-refractivity contribution < 1.29 is 4.79 Å². The highest BCUT2D eigenvalue weighted by Gasteiger charge is 2.38. The first-order valence-corrected chi connectivity index (χ1v) is 7.20. The van der Waals surface area contributed by atoms with Crippen LogP contribution in [0.3, 0.4) is 0 Å². The van der Waals surface area contributed by atoms with Gasteiger partial charge in [-0.1, -0.05) is 0 Å². The molecule has 1 aliphatic heterocycles. The van der Waals surface area contributed by atoms with Crippen LogP contribution in [0.5, 0.6) is 0 Å². The molecule has 6 heteroatoms. The van der Waals surface area contributed by atoms with Gasteiger partial charge in [0.1, 0.15) is 11.5 Å². The van der Waals surface area contributed by atoms with Crippen LogP contribution in [0.2, 0.25) is 0 Å². The SMILES string of the molecule is Cc1nc(-c2cnccn2)nc2c1CCC(=O)N2C1CC1. The van der Waals surface area contributed by atoms with Gasteiger partial charge in [0.2, 0.25) is 5.91 Å². The van der Waals surface area contributed by atoms with Crippen LogP contribution in [-0.2, 0) is 11.2 Å². The first kappa shape index (κ1) is 12.4. The Bertz CT molecular complexity index is 712. The number of fused-ring (bicyclic) bond motifs is 1. The average Bonchev–Trinajstić information content (AvgIpc) is 3.32. The van der Waals surface area contributed by atoms with Gasteiger partial charge in [0.15, 0.2) is 5.82 Å². The molecule has 0 bridgehead atoms. The third kappa shape index (κ3) is 2.07. The molecule has 2 aromatic rings. The van der Waals surface area contributed by atoms with E-state index in [9.17, 15) is 4.79 Å². The smallest absolute Gasteiger partial charge is 0.228 e. The van der Waals surface area contributed by atoms with Crippen LogP contribution in [0.1, 0.15) is 30.5 Å². The second-order valence-electron chi connectivity index (χ2n) is 5.52. The van der Waals surface area contributed by atoms with E-state index in [-0.39, 0.29) is 5.91 Å². The first-order valence-electron chi connectivity index (χ1n) is 7.20. The molecular weight excluding hydrogens is 266 g/mol. The molecule has 0 aromatic carbocycles. The number of aryl methyl sites for hydroxylation is 1. The lowest BCUT2D eigenvalue weighted by Crippen LogP contribution is -2.38. The predicted molar refractivity (Wildman–Crippen MR) is 76.6 cm³/mol. The van der Waals surface area contributed by atoms with Crippen LogP contribution < -0.4 is 4.90 Å². The number of carbonyl (C=O) groups excluding carboxylic acids is 1. The molecule has 2 aliphatic rings. The van der Waals surface area contributed by atoms with E-state index in [1.807, 2.05) is 11.8 Å². The quantitative estimate of drug-likeness (QED) is 0.837. The van der Waals surface area contributed by atoms with Crippen molar-refractivity contribution in [3.63, 3.8) is 0 Å². The number of rotatable bonds is 2. The van der Waals surface area contributed by atoms with Crippen LogP contribution in [0.25, 0.3) is 11.5 Å². The molecule has 0 saturated heterocycles. The van der Waals surface area contributed by atoms with E-state index >= 15 is 0 Å². The maximum Gasteiger partial charge on any atom is 0.228 e. The molecule has 0 spiro atoms. The van der Waals surface area contributed by atoms with E-state index < -0.39 is 0 Å². The van der Waals surface area contributed by atoms with Crippen LogP contribution >= 0.6 is 0 Å². The lowest BCUT2D eigenvalue weighted by atomic mass is 10.0. The minimum absolute atomic E-state index is 0.174. The van der Waals surface area contributed by atoms with E-state index in [2.05, 4.69) is 19.9 Å². The number of amides is 1. The van der Waals surface area contributed by atoms with Gasteiger partial charge in [0.25, 0.3) is 0 Å². The van der Waals surface area contributed by atoms with Gasteiger partial charge in [0.05, 0.1) is 6.20 Å². The summed E-state index contributed by atoms with van der Waals surface area (Å²) in [5.41, 5.74) is 2.66. The fourth-order valence-corrected chi connectivity index (χ4v) is 2.78. The summed E-state index contributed by atoms with van der Waals surface area (Å²) in [6.45, 7) is 1.97.